The van der Waals surface area contributed by atoms with Crippen LogP contribution >= 0.6 is 0 Å². The lowest BCUT2D eigenvalue weighted by Gasteiger charge is -2.12. The summed E-state index contributed by atoms with van der Waals surface area (Å²) in [6, 6.07) is 0. The highest BCUT2D eigenvalue weighted by atomic mass is 16.6. The zero-order valence-electron chi connectivity index (χ0n) is 6.88. The zero-order valence-corrected chi connectivity index (χ0v) is 6.88. The third-order valence-corrected chi connectivity index (χ3v) is 1.43. The molecule has 1 unspecified atom stereocenters. The van der Waals surface area contributed by atoms with Gasteiger partial charge >= 0.3 is 6.09 Å². The Hall–Kier alpha value is -0.770. The summed E-state index contributed by atoms with van der Waals surface area (Å²) in [5, 5.41) is 0. The molecule has 0 aliphatic heterocycles. The average molecular weight is 160 g/mol. The van der Waals surface area contributed by atoms with Crippen molar-refractivity contribution in [1.82, 2.24) is 0 Å². The summed E-state index contributed by atoms with van der Waals surface area (Å²) in [4.78, 5) is 10.3. The number of hydrogen-bond acceptors (Lipinski definition) is 3. The summed E-state index contributed by atoms with van der Waals surface area (Å²) in [5.41, 5.74) is 10.2. The molecule has 0 radical (unpaired) electrons. The molecular weight excluding hydrogens is 144 g/mol. The SMILES string of the molecule is CCCCC(CN)OC(N)=O. The Morgan fingerprint density at radius 3 is 2.64 bits per heavy atom. The highest BCUT2D eigenvalue weighted by molar-refractivity contribution is 5.64. The standard InChI is InChI=1S/C7H16N2O2/c1-2-3-4-6(5-8)11-7(9)10/h6H,2-5,8H2,1H3,(H2,9,10). The minimum absolute atomic E-state index is 0.201. The first-order valence-corrected chi connectivity index (χ1v) is 3.86. The van der Waals surface area contributed by atoms with E-state index in [0.29, 0.717) is 6.54 Å². The van der Waals surface area contributed by atoms with E-state index in [4.69, 9.17) is 16.2 Å². The van der Waals surface area contributed by atoms with Gasteiger partial charge in [-0.1, -0.05) is 13.3 Å². The fourth-order valence-corrected chi connectivity index (χ4v) is 0.821. The summed E-state index contributed by atoms with van der Waals surface area (Å²) < 4.78 is 4.72. The Kier molecular flexibility index (Phi) is 5.56. The topological polar surface area (TPSA) is 78.3 Å². The molecule has 0 spiro atoms. The van der Waals surface area contributed by atoms with Crippen molar-refractivity contribution in [3.63, 3.8) is 0 Å². The fraction of sp³-hybridized carbons (Fsp3) is 0.857. The summed E-state index contributed by atoms with van der Waals surface area (Å²) in [6.07, 6.45) is 1.94. The summed E-state index contributed by atoms with van der Waals surface area (Å²) in [6.45, 7) is 2.42. The van der Waals surface area contributed by atoms with Crippen molar-refractivity contribution >= 4 is 6.09 Å². The lowest BCUT2D eigenvalue weighted by atomic mass is 10.2. The molecule has 1 atom stereocenters. The molecule has 4 nitrogen and oxygen atoms in total. The van der Waals surface area contributed by atoms with Crippen LogP contribution in [0.5, 0.6) is 0 Å². The molecule has 0 heterocycles. The van der Waals surface area contributed by atoms with Crippen LogP contribution in [0.15, 0.2) is 0 Å². The summed E-state index contributed by atoms with van der Waals surface area (Å²) in [5.74, 6) is 0. The number of carbonyl (C=O) groups is 1. The van der Waals surface area contributed by atoms with Crippen LogP contribution in [0.25, 0.3) is 0 Å². The summed E-state index contributed by atoms with van der Waals surface area (Å²) >= 11 is 0. The van der Waals surface area contributed by atoms with Gasteiger partial charge in [0.25, 0.3) is 0 Å². The maximum absolute atomic E-state index is 10.3. The van der Waals surface area contributed by atoms with Crippen LogP contribution in [0.2, 0.25) is 0 Å². The smallest absolute Gasteiger partial charge is 0.404 e. The Balaban J connectivity index is 3.49. The van der Waals surface area contributed by atoms with E-state index in [1.165, 1.54) is 0 Å². The van der Waals surface area contributed by atoms with Gasteiger partial charge in [0, 0.05) is 6.54 Å². The quantitative estimate of drug-likeness (QED) is 0.618. The van der Waals surface area contributed by atoms with E-state index in [2.05, 4.69) is 6.92 Å². The molecule has 0 saturated heterocycles. The maximum Gasteiger partial charge on any atom is 0.404 e. The van der Waals surface area contributed by atoms with Crippen molar-refractivity contribution in [2.24, 2.45) is 11.5 Å². The molecule has 66 valence electrons. The van der Waals surface area contributed by atoms with Crippen LogP contribution in [-0.4, -0.2) is 18.7 Å². The molecule has 4 heteroatoms. The number of nitrogens with two attached hydrogens (primary N) is 2. The largest absolute Gasteiger partial charge is 0.445 e. The van der Waals surface area contributed by atoms with Gasteiger partial charge in [0.2, 0.25) is 0 Å². The van der Waals surface area contributed by atoms with Crippen molar-refractivity contribution in [2.75, 3.05) is 6.54 Å². The number of carbonyl (C=O) groups excluding carboxylic acids is 1. The first kappa shape index (κ1) is 10.2. The van der Waals surface area contributed by atoms with Crippen molar-refractivity contribution in [3.05, 3.63) is 0 Å². The van der Waals surface area contributed by atoms with E-state index in [9.17, 15) is 4.79 Å². The highest BCUT2D eigenvalue weighted by Gasteiger charge is 2.08. The van der Waals surface area contributed by atoms with Crippen LogP contribution in [-0.2, 0) is 4.74 Å². The lowest BCUT2D eigenvalue weighted by Crippen LogP contribution is -2.29. The fourth-order valence-electron chi connectivity index (χ4n) is 0.821. The van der Waals surface area contributed by atoms with Gasteiger partial charge < -0.3 is 16.2 Å². The molecule has 0 aromatic rings. The monoisotopic (exact) mass is 160 g/mol. The number of unbranched alkanes of at least 4 members (excludes halogenated alkanes) is 1. The van der Waals surface area contributed by atoms with Crippen LogP contribution < -0.4 is 11.5 Å². The maximum atomic E-state index is 10.3. The number of amides is 1. The molecule has 0 fully saturated rings. The van der Waals surface area contributed by atoms with Gasteiger partial charge in [0.05, 0.1) is 0 Å². The summed E-state index contributed by atoms with van der Waals surface area (Å²) in [7, 11) is 0. The van der Waals surface area contributed by atoms with Gasteiger partial charge in [0.1, 0.15) is 6.10 Å². The van der Waals surface area contributed by atoms with Crippen molar-refractivity contribution in [3.8, 4) is 0 Å². The van der Waals surface area contributed by atoms with E-state index in [0.717, 1.165) is 19.3 Å². The first-order valence-electron chi connectivity index (χ1n) is 3.86. The van der Waals surface area contributed by atoms with Gasteiger partial charge in [-0.05, 0) is 12.8 Å². The molecule has 0 aliphatic carbocycles. The Labute approximate surface area is 66.9 Å². The van der Waals surface area contributed by atoms with Crippen molar-refractivity contribution < 1.29 is 9.53 Å². The molecule has 0 aliphatic rings. The number of ether oxygens (including phenoxy) is 1. The highest BCUT2D eigenvalue weighted by Crippen LogP contribution is 2.02. The van der Waals surface area contributed by atoms with E-state index < -0.39 is 6.09 Å². The molecule has 1 amide bonds. The van der Waals surface area contributed by atoms with Crippen LogP contribution in [0.4, 0.5) is 4.79 Å². The van der Waals surface area contributed by atoms with Gasteiger partial charge in [0.15, 0.2) is 0 Å². The molecule has 0 aromatic heterocycles. The first-order chi connectivity index (χ1) is 5.20. The van der Waals surface area contributed by atoms with Gasteiger partial charge in [-0.3, -0.25) is 0 Å². The second-order valence-electron chi connectivity index (χ2n) is 2.44. The average Bonchev–Trinajstić information content (AvgIpc) is 1.97. The Morgan fingerprint density at radius 2 is 2.27 bits per heavy atom. The van der Waals surface area contributed by atoms with Crippen molar-refractivity contribution in [1.29, 1.82) is 0 Å². The lowest BCUT2D eigenvalue weighted by molar-refractivity contribution is 0.104. The van der Waals surface area contributed by atoms with Crippen molar-refractivity contribution in [2.45, 2.75) is 32.3 Å². The second-order valence-corrected chi connectivity index (χ2v) is 2.44. The van der Waals surface area contributed by atoms with Gasteiger partial charge in [-0.25, -0.2) is 4.79 Å². The van der Waals surface area contributed by atoms with Crippen LogP contribution in [0.3, 0.4) is 0 Å². The molecule has 0 saturated carbocycles. The predicted octanol–water partition coefficient (Wildman–Crippen LogP) is 0.599. The zero-order chi connectivity index (χ0) is 8.69. The second kappa shape index (κ2) is 5.97. The Bertz CT molecular complexity index is 117. The molecular formula is C7H16N2O2. The minimum atomic E-state index is -0.739. The predicted molar refractivity (Wildman–Crippen MR) is 43.0 cm³/mol. The molecule has 0 rings (SSSR count). The minimum Gasteiger partial charge on any atom is -0.445 e. The number of primary amides is 1. The Morgan fingerprint density at radius 1 is 1.64 bits per heavy atom. The molecule has 4 N–H and O–H groups in total. The van der Waals surface area contributed by atoms with Gasteiger partial charge in [-0.2, -0.15) is 0 Å². The van der Waals surface area contributed by atoms with E-state index in [-0.39, 0.29) is 6.10 Å². The molecule has 11 heavy (non-hydrogen) atoms. The van der Waals surface area contributed by atoms with Crippen LogP contribution in [0, 0.1) is 0 Å². The van der Waals surface area contributed by atoms with E-state index in [1.807, 2.05) is 0 Å². The molecule has 0 aromatic carbocycles. The van der Waals surface area contributed by atoms with E-state index in [1.54, 1.807) is 0 Å². The third-order valence-electron chi connectivity index (χ3n) is 1.43. The van der Waals surface area contributed by atoms with Crippen LogP contribution in [0.1, 0.15) is 26.2 Å². The number of hydrogen-bond donors (Lipinski definition) is 2. The third kappa shape index (κ3) is 5.66. The number of rotatable bonds is 5. The van der Waals surface area contributed by atoms with Gasteiger partial charge in [-0.15, -0.1) is 0 Å². The normalized spacial score (nSPS) is 12.5. The molecule has 0 bridgehead atoms. The van der Waals surface area contributed by atoms with E-state index >= 15 is 0 Å².